The van der Waals surface area contributed by atoms with Crippen LogP contribution in [0.1, 0.15) is 58.2 Å². The molecule has 7 rings (SSSR count). The van der Waals surface area contributed by atoms with Crippen LogP contribution >= 0.6 is 0 Å². The van der Waals surface area contributed by atoms with Crippen molar-refractivity contribution in [1.29, 1.82) is 0 Å². The second-order valence-corrected chi connectivity index (χ2v) is 15.3. The Labute approximate surface area is 330 Å². The van der Waals surface area contributed by atoms with Crippen molar-refractivity contribution in [2.75, 3.05) is 0 Å². The van der Waals surface area contributed by atoms with Crippen LogP contribution in [0.3, 0.4) is 0 Å². The second kappa shape index (κ2) is 19.8. The zero-order chi connectivity index (χ0) is 37.6. The molecule has 0 aliphatic rings. The molecule has 0 aliphatic carbocycles. The zero-order valence-corrected chi connectivity index (χ0v) is 34.1. The number of hydrogen-bond donors (Lipinski definition) is 0. The van der Waals surface area contributed by atoms with Crippen LogP contribution in [0.15, 0.2) is 176 Å². The van der Waals surface area contributed by atoms with Crippen LogP contribution in [0.2, 0.25) is 0 Å². The van der Waals surface area contributed by atoms with Gasteiger partial charge in [-0.05, 0) is 74.7 Å². The van der Waals surface area contributed by atoms with Gasteiger partial charge in [0.1, 0.15) is 0 Å². The Balaban J connectivity index is 0.000000275. The van der Waals surface area contributed by atoms with Gasteiger partial charge in [0.05, 0.1) is 11.1 Å². The van der Waals surface area contributed by atoms with Crippen molar-refractivity contribution in [3.05, 3.63) is 206 Å². The van der Waals surface area contributed by atoms with Gasteiger partial charge in [-0.2, -0.15) is 0 Å². The molecule has 0 spiro atoms. The molecule has 276 valence electrons. The van der Waals surface area contributed by atoms with Crippen molar-refractivity contribution in [2.45, 2.75) is 73.4 Å². The molecule has 5 aromatic carbocycles. The number of rotatable bonds is 4. The number of hydrogen-bond acceptors (Lipinski definition) is 0. The van der Waals surface area contributed by atoms with Gasteiger partial charge in [-0.25, -0.2) is 0 Å². The van der Waals surface area contributed by atoms with Crippen molar-refractivity contribution in [3.63, 3.8) is 0 Å². The van der Waals surface area contributed by atoms with Gasteiger partial charge in [0.25, 0.3) is 0 Å². The molecule has 0 N–H and O–H groups in total. The predicted octanol–water partition coefficient (Wildman–Crippen LogP) is 8.61. The summed E-state index contributed by atoms with van der Waals surface area (Å²) in [6.07, 6.45) is 14.2. The third-order valence-electron chi connectivity index (χ3n) is 8.80. The molecular weight excluding hydrogens is 687 g/mol. The van der Waals surface area contributed by atoms with Gasteiger partial charge in [0.15, 0.2) is 12.7 Å². The van der Waals surface area contributed by atoms with Crippen molar-refractivity contribution < 1.29 is 26.0 Å². The number of nitrogens with zero attached hydrogens (tertiary/aromatic N) is 4. The summed E-state index contributed by atoms with van der Waals surface area (Å²) in [5.74, 6) is 0. The minimum atomic E-state index is -1.60. The maximum absolute atomic E-state index is 3.65. The van der Waals surface area contributed by atoms with Gasteiger partial charge < -0.3 is 18.1 Å². The maximum Gasteiger partial charge on any atom is 0.393 e. The van der Waals surface area contributed by atoms with E-state index in [-0.39, 0.29) is 28.1 Å². The van der Waals surface area contributed by atoms with Gasteiger partial charge in [-0.1, -0.05) is 181 Å². The third kappa shape index (κ3) is 12.1. The standard InChI is InChI=1S/C26H32BN4.3C7H8.Fe/c1-25(2,3)28-17-19-30(21-28)27(23-13-9-7-10-14-23,24-15-11-8-12-16-24)31-20-18-29(22-31)26(4,5)6;3*1-7-5-3-2-4-6-7;/h7-20H,1-6H3;3*2-6H,1H3;/q-1;;;;. The molecule has 0 radical (unpaired) electrons. The number of aryl methyl sites for hydroxylation is 3. The fourth-order valence-electron chi connectivity index (χ4n) is 5.84. The summed E-state index contributed by atoms with van der Waals surface area (Å²) in [6.45, 7) is 19.4. The van der Waals surface area contributed by atoms with E-state index >= 15 is 0 Å². The first kappa shape index (κ1) is 42.5. The molecule has 7 aromatic rings. The van der Waals surface area contributed by atoms with Gasteiger partial charge in [-0.3, -0.25) is 0 Å². The van der Waals surface area contributed by atoms with Crippen LogP contribution in [0, 0.1) is 33.4 Å². The Morgan fingerprint density at radius 3 is 0.849 bits per heavy atom. The topological polar surface area (TPSA) is 17.6 Å². The average Bonchev–Trinajstić information content (AvgIpc) is 3.84. The summed E-state index contributed by atoms with van der Waals surface area (Å²) in [5, 5.41) is 0. The first-order valence-electron chi connectivity index (χ1n) is 18.2. The molecule has 0 atom stereocenters. The first-order chi connectivity index (χ1) is 24.8. The second-order valence-electron chi connectivity index (χ2n) is 15.3. The Bertz CT molecular complexity index is 1830. The molecule has 53 heavy (non-hydrogen) atoms. The van der Waals surface area contributed by atoms with E-state index in [1.54, 1.807) is 0 Å². The Morgan fingerprint density at radius 2 is 0.660 bits per heavy atom. The summed E-state index contributed by atoms with van der Waals surface area (Å²) in [7, 11) is 0. The molecule has 0 saturated carbocycles. The van der Waals surface area contributed by atoms with Crippen LogP contribution in [-0.4, -0.2) is 15.6 Å². The summed E-state index contributed by atoms with van der Waals surface area (Å²) >= 11 is 0. The van der Waals surface area contributed by atoms with E-state index < -0.39 is 6.42 Å². The Kier molecular flexibility index (Phi) is 15.9. The summed E-state index contributed by atoms with van der Waals surface area (Å²) < 4.78 is 8.77. The quantitative estimate of drug-likeness (QED) is 0.127. The molecule has 0 bridgehead atoms. The molecule has 0 saturated heterocycles. The van der Waals surface area contributed by atoms with E-state index in [1.165, 1.54) is 27.6 Å². The molecule has 2 heterocycles. The first-order valence-corrected chi connectivity index (χ1v) is 18.2. The van der Waals surface area contributed by atoms with Gasteiger partial charge >= 0.3 is 6.42 Å². The molecule has 6 heteroatoms. The molecule has 0 fully saturated rings. The number of imidazole rings is 2. The van der Waals surface area contributed by atoms with Crippen LogP contribution in [0.4, 0.5) is 0 Å². The van der Waals surface area contributed by atoms with Gasteiger partial charge in [0.2, 0.25) is 0 Å². The molecule has 0 unspecified atom stereocenters. The largest absolute Gasteiger partial charge is 0.506 e. The van der Waals surface area contributed by atoms with Crippen LogP contribution in [0.25, 0.3) is 0 Å². The van der Waals surface area contributed by atoms with Crippen LogP contribution < -0.4 is 19.9 Å². The number of benzene rings is 5. The summed E-state index contributed by atoms with van der Waals surface area (Å²) in [4.78, 5) is 0. The molecule has 0 aliphatic heterocycles. The maximum atomic E-state index is 3.65. The molecular formula is C47H56BFeN4-. The van der Waals surface area contributed by atoms with Crippen LogP contribution in [-0.2, 0) is 28.1 Å². The van der Waals surface area contributed by atoms with E-state index in [1.807, 2.05) is 54.6 Å². The van der Waals surface area contributed by atoms with E-state index in [0.29, 0.717) is 0 Å². The normalized spacial score (nSPS) is 11.0. The minimum Gasteiger partial charge on any atom is -0.506 e. The van der Waals surface area contributed by atoms with E-state index in [4.69, 9.17) is 0 Å². The van der Waals surface area contributed by atoms with Gasteiger partial charge in [-0.15, -0.1) is 10.9 Å². The van der Waals surface area contributed by atoms with E-state index in [0.717, 1.165) is 0 Å². The smallest absolute Gasteiger partial charge is 0.393 e. The van der Waals surface area contributed by atoms with Crippen molar-refractivity contribution in [3.8, 4) is 0 Å². The van der Waals surface area contributed by atoms with Crippen molar-refractivity contribution >= 4 is 17.3 Å². The van der Waals surface area contributed by atoms with Crippen LogP contribution in [0.5, 0.6) is 0 Å². The van der Waals surface area contributed by atoms with E-state index in [9.17, 15) is 0 Å². The monoisotopic (exact) mass is 743 g/mol. The predicted molar refractivity (Wildman–Crippen MR) is 219 cm³/mol. The van der Waals surface area contributed by atoms with Gasteiger partial charge in [0, 0.05) is 17.1 Å². The summed E-state index contributed by atoms with van der Waals surface area (Å²) in [5.41, 5.74) is 6.25. The molecule has 4 nitrogen and oxygen atoms in total. The van der Waals surface area contributed by atoms with Crippen molar-refractivity contribution in [2.24, 2.45) is 0 Å². The zero-order valence-electron chi connectivity index (χ0n) is 33.0. The average molecular weight is 744 g/mol. The minimum absolute atomic E-state index is 0. The molecule has 2 aromatic heterocycles. The van der Waals surface area contributed by atoms with Crippen molar-refractivity contribution in [1.82, 2.24) is 9.13 Å². The SMILES string of the molecule is CC(C)(C)n1[c-][n+]([B-](c2ccccc2)(c2ccccc2)[n+]2[c-]n(C(C)(C)C)cc2)cc1.Cc1ccccc1.Cc1ccccc1.Cc1ccccc1.[Fe]. The Hall–Kier alpha value is -4.90. The fourth-order valence-corrected chi connectivity index (χ4v) is 5.84. The number of aromatic nitrogens is 4. The summed E-state index contributed by atoms with van der Waals surface area (Å²) in [6, 6.07) is 52.2. The third-order valence-corrected chi connectivity index (χ3v) is 8.80. The molecule has 0 amide bonds. The Morgan fingerprint density at radius 1 is 0.415 bits per heavy atom. The fraction of sp³-hybridized carbons (Fsp3) is 0.234. The van der Waals surface area contributed by atoms with E-state index in [2.05, 4.69) is 215 Å².